The topological polar surface area (TPSA) is 15.3 Å². The summed E-state index contributed by atoms with van der Waals surface area (Å²) in [7, 11) is 0. The molecule has 0 saturated carbocycles. The maximum Gasteiger partial charge on any atom is 0.00507 e. The Morgan fingerprint density at radius 3 is 2.84 bits per heavy atom. The molecule has 104 valence electrons. The van der Waals surface area contributed by atoms with Gasteiger partial charge in [-0.3, -0.25) is 0 Å². The van der Waals surface area contributed by atoms with Crippen LogP contribution in [0.5, 0.6) is 0 Å². The van der Waals surface area contributed by atoms with E-state index in [2.05, 4.69) is 40.5 Å². The number of rotatable bonds is 4. The smallest absolute Gasteiger partial charge is 0.00507 e. The minimum atomic E-state index is 0.769. The average Bonchev–Trinajstić information content (AvgIpc) is 2.96. The third-order valence-electron chi connectivity index (χ3n) is 4.80. The number of hydrogen-bond donors (Lipinski definition) is 1. The van der Waals surface area contributed by atoms with E-state index in [0.717, 1.165) is 11.8 Å². The molecule has 2 heterocycles. The molecule has 0 aliphatic carbocycles. The van der Waals surface area contributed by atoms with Gasteiger partial charge in [0.2, 0.25) is 0 Å². The first-order valence-corrected chi connectivity index (χ1v) is 7.90. The summed E-state index contributed by atoms with van der Waals surface area (Å²) in [6.45, 7) is 6.34. The first-order chi connectivity index (χ1) is 9.42. The number of nitrogens with zero attached hydrogens (tertiary/aromatic N) is 1. The fourth-order valence-electron chi connectivity index (χ4n) is 3.57. The fraction of sp³-hybridized carbons (Fsp3) is 0.647. The van der Waals surface area contributed by atoms with E-state index >= 15 is 0 Å². The first-order valence-electron chi connectivity index (χ1n) is 7.90. The lowest BCUT2D eigenvalue weighted by atomic mass is 9.96. The van der Waals surface area contributed by atoms with E-state index in [1.54, 1.807) is 0 Å². The lowest BCUT2D eigenvalue weighted by molar-refractivity contribution is 0.272. The largest absolute Gasteiger partial charge is 0.316 e. The van der Waals surface area contributed by atoms with E-state index in [1.165, 1.54) is 64.0 Å². The molecule has 1 aromatic carbocycles. The van der Waals surface area contributed by atoms with Gasteiger partial charge in [-0.25, -0.2) is 0 Å². The summed E-state index contributed by atoms with van der Waals surface area (Å²) in [6.07, 6.45) is 5.53. The molecule has 0 spiro atoms. The Kier molecular flexibility index (Phi) is 4.52. The van der Waals surface area contributed by atoms with Gasteiger partial charge in [0.15, 0.2) is 0 Å². The Bertz CT molecular complexity index is 370. The summed E-state index contributed by atoms with van der Waals surface area (Å²) in [5.41, 5.74) is 1.53. The zero-order valence-corrected chi connectivity index (χ0v) is 11.9. The molecule has 0 aromatic heterocycles. The molecular weight excluding hydrogens is 232 g/mol. The molecule has 3 rings (SSSR count). The summed E-state index contributed by atoms with van der Waals surface area (Å²) in [6, 6.07) is 11.0. The molecule has 2 fully saturated rings. The molecule has 2 atom stereocenters. The standard InChI is InChI=1S/C17H26N2/c1-2-6-16(7-3-1)17-9-12-19(14-17)11-8-15-5-4-10-18-13-15/h1-3,6-7,15,17-18H,4-5,8-14H2. The maximum absolute atomic E-state index is 3.53. The predicted octanol–water partition coefficient (Wildman–Crippen LogP) is 2.87. The molecule has 2 nitrogen and oxygen atoms in total. The van der Waals surface area contributed by atoms with Crippen LogP contribution in [0.3, 0.4) is 0 Å². The second-order valence-corrected chi connectivity index (χ2v) is 6.20. The molecule has 2 saturated heterocycles. The van der Waals surface area contributed by atoms with Gasteiger partial charge in [0, 0.05) is 6.54 Å². The molecular formula is C17H26N2. The van der Waals surface area contributed by atoms with Crippen LogP contribution in [-0.4, -0.2) is 37.6 Å². The molecule has 1 aromatic rings. The molecule has 0 radical (unpaired) electrons. The van der Waals surface area contributed by atoms with E-state index in [4.69, 9.17) is 0 Å². The van der Waals surface area contributed by atoms with Crippen molar-refractivity contribution in [3.63, 3.8) is 0 Å². The van der Waals surface area contributed by atoms with Gasteiger partial charge in [-0.15, -0.1) is 0 Å². The Labute approximate surface area is 117 Å². The zero-order chi connectivity index (χ0) is 12.9. The van der Waals surface area contributed by atoms with Gasteiger partial charge >= 0.3 is 0 Å². The van der Waals surface area contributed by atoms with Crippen molar-refractivity contribution < 1.29 is 0 Å². The van der Waals surface area contributed by atoms with E-state index in [9.17, 15) is 0 Å². The number of benzene rings is 1. The van der Waals surface area contributed by atoms with Crippen LogP contribution in [0.2, 0.25) is 0 Å². The van der Waals surface area contributed by atoms with E-state index in [0.29, 0.717) is 0 Å². The van der Waals surface area contributed by atoms with E-state index in [-0.39, 0.29) is 0 Å². The van der Waals surface area contributed by atoms with Crippen molar-refractivity contribution in [3.05, 3.63) is 35.9 Å². The van der Waals surface area contributed by atoms with Gasteiger partial charge in [0.25, 0.3) is 0 Å². The Morgan fingerprint density at radius 2 is 2.05 bits per heavy atom. The summed E-state index contributed by atoms with van der Waals surface area (Å²) < 4.78 is 0. The summed E-state index contributed by atoms with van der Waals surface area (Å²) >= 11 is 0. The zero-order valence-electron chi connectivity index (χ0n) is 11.9. The Morgan fingerprint density at radius 1 is 1.16 bits per heavy atom. The highest BCUT2D eigenvalue weighted by atomic mass is 15.1. The van der Waals surface area contributed by atoms with Crippen molar-refractivity contribution in [3.8, 4) is 0 Å². The average molecular weight is 258 g/mol. The fourth-order valence-corrected chi connectivity index (χ4v) is 3.57. The van der Waals surface area contributed by atoms with Crippen molar-refractivity contribution in [1.29, 1.82) is 0 Å². The van der Waals surface area contributed by atoms with Crippen LogP contribution in [0.15, 0.2) is 30.3 Å². The van der Waals surface area contributed by atoms with E-state index < -0.39 is 0 Å². The monoisotopic (exact) mass is 258 g/mol. The van der Waals surface area contributed by atoms with Gasteiger partial charge in [-0.1, -0.05) is 30.3 Å². The Balaban J connectivity index is 1.44. The highest BCUT2D eigenvalue weighted by molar-refractivity contribution is 5.20. The van der Waals surface area contributed by atoms with Crippen LogP contribution in [0.4, 0.5) is 0 Å². The number of nitrogens with one attached hydrogen (secondary N) is 1. The lowest BCUT2D eigenvalue weighted by Crippen LogP contribution is -2.32. The number of likely N-dealkylation sites (tertiary alicyclic amines) is 1. The van der Waals surface area contributed by atoms with Gasteiger partial charge < -0.3 is 10.2 Å². The first kappa shape index (κ1) is 13.1. The van der Waals surface area contributed by atoms with Gasteiger partial charge in [-0.05, 0) is 69.3 Å². The molecule has 1 N–H and O–H groups in total. The number of hydrogen-bond acceptors (Lipinski definition) is 2. The van der Waals surface area contributed by atoms with Crippen molar-refractivity contribution in [2.75, 3.05) is 32.7 Å². The van der Waals surface area contributed by atoms with Crippen LogP contribution < -0.4 is 5.32 Å². The van der Waals surface area contributed by atoms with Crippen molar-refractivity contribution >= 4 is 0 Å². The minimum absolute atomic E-state index is 0.769. The second kappa shape index (κ2) is 6.53. The predicted molar refractivity (Wildman–Crippen MR) is 80.5 cm³/mol. The normalized spacial score (nSPS) is 28.6. The third-order valence-corrected chi connectivity index (χ3v) is 4.80. The summed E-state index contributed by atoms with van der Waals surface area (Å²) in [5, 5.41) is 3.53. The molecule has 2 unspecified atom stereocenters. The van der Waals surface area contributed by atoms with E-state index in [1.807, 2.05) is 0 Å². The van der Waals surface area contributed by atoms with Crippen molar-refractivity contribution in [2.24, 2.45) is 5.92 Å². The van der Waals surface area contributed by atoms with Crippen LogP contribution >= 0.6 is 0 Å². The van der Waals surface area contributed by atoms with Crippen molar-refractivity contribution in [2.45, 2.75) is 31.6 Å². The Hall–Kier alpha value is -0.860. The molecule has 2 aliphatic rings. The SMILES string of the molecule is c1ccc(C2CCN(CCC3CCCNC3)C2)cc1. The van der Waals surface area contributed by atoms with Gasteiger partial charge in [-0.2, -0.15) is 0 Å². The second-order valence-electron chi connectivity index (χ2n) is 6.20. The van der Waals surface area contributed by atoms with Crippen LogP contribution in [0.1, 0.15) is 37.2 Å². The highest BCUT2D eigenvalue weighted by Gasteiger charge is 2.24. The summed E-state index contributed by atoms with van der Waals surface area (Å²) in [5.74, 6) is 1.69. The van der Waals surface area contributed by atoms with Crippen molar-refractivity contribution in [1.82, 2.24) is 10.2 Å². The third kappa shape index (κ3) is 3.58. The molecule has 0 amide bonds. The lowest BCUT2D eigenvalue weighted by Gasteiger charge is -2.25. The number of piperidine rings is 1. The van der Waals surface area contributed by atoms with Crippen LogP contribution in [0, 0.1) is 5.92 Å². The molecule has 0 bridgehead atoms. The minimum Gasteiger partial charge on any atom is -0.316 e. The van der Waals surface area contributed by atoms with Crippen LogP contribution in [-0.2, 0) is 0 Å². The summed E-state index contributed by atoms with van der Waals surface area (Å²) in [4.78, 5) is 2.67. The highest BCUT2D eigenvalue weighted by Crippen LogP contribution is 2.27. The molecule has 2 aliphatic heterocycles. The molecule has 2 heteroatoms. The quantitative estimate of drug-likeness (QED) is 0.893. The molecule has 19 heavy (non-hydrogen) atoms. The maximum atomic E-state index is 3.53. The van der Waals surface area contributed by atoms with Gasteiger partial charge in [0.1, 0.15) is 0 Å². The van der Waals surface area contributed by atoms with Crippen LogP contribution in [0.25, 0.3) is 0 Å². The van der Waals surface area contributed by atoms with Gasteiger partial charge in [0.05, 0.1) is 0 Å².